The van der Waals surface area contributed by atoms with Gasteiger partial charge in [-0.2, -0.15) is 0 Å². The van der Waals surface area contributed by atoms with E-state index in [1.165, 1.54) is 37.8 Å². The maximum absolute atomic E-state index is 4.36. The molecule has 0 amide bonds. The fourth-order valence-electron chi connectivity index (χ4n) is 3.22. The summed E-state index contributed by atoms with van der Waals surface area (Å²) in [4.78, 5) is 4.36. The Bertz CT molecular complexity index is 386. The minimum Gasteiger partial charge on any atom is -0.333 e. The van der Waals surface area contributed by atoms with Crippen molar-refractivity contribution in [1.29, 1.82) is 0 Å². The summed E-state index contributed by atoms with van der Waals surface area (Å²) in [5, 5.41) is 3.38. The minimum absolute atomic E-state index is 0.00286. The molecule has 0 aliphatic heterocycles. The van der Waals surface area contributed by atoms with Crippen molar-refractivity contribution in [2.45, 2.75) is 65.0 Å². The molecule has 0 unspecified atom stereocenters. The van der Waals surface area contributed by atoms with Crippen LogP contribution in [0.3, 0.4) is 0 Å². The highest BCUT2D eigenvalue weighted by Gasteiger charge is 2.25. The van der Waals surface area contributed by atoms with Crippen LogP contribution in [0.25, 0.3) is 0 Å². The van der Waals surface area contributed by atoms with Crippen molar-refractivity contribution in [3.63, 3.8) is 0 Å². The summed E-state index contributed by atoms with van der Waals surface area (Å²) in [6.45, 7) is 7.90. The van der Waals surface area contributed by atoms with Crippen LogP contribution >= 0.6 is 0 Å². The molecule has 3 nitrogen and oxygen atoms in total. The zero-order valence-corrected chi connectivity index (χ0v) is 12.9. The molecule has 108 valence electrons. The van der Waals surface area contributed by atoms with Gasteiger partial charge in [0.05, 0.1) is 17.6 Å². The Hall–Kier alpha value is -0.830. The third-order valence-electron chi connectivity index (χ3n) is 4.98. The number of imidazole rings is 1. The molecule has 3 heteroatoms. The van der Waals surface area contributed by atoms with E-state index in [9.17, 15) is 0 Å². The second-order valence-corrected chi connectivity index (χ2v) is 6.60. The van der Waals surface area contributed by atoms with E-state index >= 15 is 0 Å². The predicted molar refractivity (Wildman–Crippen MR) is 80.1 cm³/mol. The zero-order valence-electron chi connectivity index (χ0n) is 12.9. The number of rotatable bonds is 5. The summed E-state index contributed by atoms with van der Waals surface area (Å²) in [5.74, 6) is 1.82. The van der Waals surface area contributed by atoms with Crippen molar-refractivity contribution in [1.82, 2.24) is 14.9 Å². The van der Waals surface area contributed by atoms with Gasteiger partial charge in [0.1, 0.15) is 0 Å². The molecule has 1 aromatic rings. The molecule has 0 atom stereocenters. The van der Waals surface area contributed by atoms with Crippen LogP contribution in [0.2, 0.25) is 0 Å². The van der Waals surface area contributed by atoms with Gasteiger partial charge in [0.2, 0.25) is 0 Å². The van der Waals surface area contributed by atoms with Crippen molar-refractivity contribution in [3.05, 3.63) is 18.2 Å². The third kappa shape index (κ3) is 3.38. The number of hydrogen-bond donors (Lipinski definition) is 1. The maximum atomic E-state index is 4.36. The average molecular weight is 263 g/mol. The van der Waals surface area contributed by atoms with Crippen molar-refractivity contribution in [3.8, 4) is 0 Å². The Morgan fingerprint density at radius 1 is 1.26 bits per heavy atom. The van der Waals surface area contributed by atoms with Gasteiger partial charge in [0.15, 0.2) is 0 Å². The van der Waals surface area contributed by atoms with Crippen molar-refractivity contribution in [2.24, 2.45) is 11.8 Å². The Labute approximate surface area is 117 Å². The lowest BCUT2D eigenvalue weighted by molar-refractivity contribution is 0.242. The maximum Gasteiger partial charge on any atom is 0.0948 e. The van der Waals surface area contributed by atoms with Gasteiger partial charge in [0, 0.05) is 12.7 Å². The van der Waals surface area contributed by atoms with Gasteiger partial charge in [-0.25, -0.2) is 4.98 Å². The van der Waals surface area contributed by atoms with Crippen LogP contribution in [0.15, 0.2) is 12.5 Å². The topological polar surface area (TPSA) is 29.9 Å². The number of nitrogens with one attached hydrogen (secondary N) is 1. The molecular weight excluding hydrogens is 234 g/mol. The first kappa shape index (κ1) is 14.6. The predicted octanol–water partition coefficient (Wildman–Crippen LogP) is 3.55. The van der Waals surface area contributed by atoms with Gasteiger partial charge in [0.25, 0.3) is 0 Å². The standard InChI is InChI=1S/C16H29N3/c1-5-13-6-8-14(9-7-13)11-19-12-18-10-15(19)16(2,3)17-4/h10,12-14,17H,5-9,11H2,1-4H3. The molecule has 0 aromatic carbocycles. The smallest absolute Gasteiger partial charge is 0.0948 e. The van der Waals surface area contributed by atoms with E-state index in [1.54, 1.807) is 0 Å². The second-order valence-electron chi connectivity index (χ2n) is 6.60. The van der Waals surface area contributed by atoms with E-state index in [0.29, 0.717) is 0 Å². The Morgan fingerprint density at radius 3 is 2.47 bits per heavy atom. The summed E-state index contributed by atoms with van der Waals surface area (Å²) in [7, 11) is 2.02. The summed E-state index contributed by atoms with van der Waals surface area (Å²) in [6, 6.07) is 0. The van der Waals surface area contributed by atoms with Crippen molar-refractivity contribution >= 4 is 0 Å². The molecule has 1 N–H and O–H groups in total. The molecule has 1 saturated carbocycles. The zero-order chi connectivity index (χ0) is 13.9. The van der Waals surface area contributed by atoms with Crippen molar-refractivity contribution in [2.75, 3.05) is 7.05 Å². The summed E-state index contributed by atoms with van der Waals surface area (Å²) < 4.78 is 2.35. The lowest BCUT2D eigenvalue weighted by atomic mass is 9.81. The van der Waals surface area contributed by atoms with Gasteiger partial charge in [-0.1, -0.05) is 26.2 Å². The molecule has 0 radical (unpaired) electrons. The quantitative estimate of drug-likeness (QED) is 0.880. The van der Waals surface area contributed by atoms with Gasteiger partial charge in [-0.15, -0.1) is 0 Å². The Morgan fingerprint density at radius 2 is 1.89 bits per heavy atom. The highest BCUT2D eigenvalue weighted by atomic mass is 15.1. The minimum atomic E-state index is -0.00286. The number of aromatic nitrogens is 2. The highest BCUT2D eigenvalue weighted by Crippen LogP contribution is 2.32. The van der Waals surface area contributed by atoms with Crippen LogP contribution in [0.1, 0.15) is 58.6 Å². The summed E-state index contributed by atoms with van der Waals surface area (Å²) >= 11 is 0. The third-order valence-corrected chi connectivity index (χ3v) is 4.98. The summed E-state index contributed by atoms with van der Waals surface area (Å²) in [5.41, 5.74) is 1.30. The molecule has 1 aliphatic carbocycles. The van der Waals surface area contributed by atoms with Crippen LogP contribution < -0.4 is 5.32 Å². The normalized spacial score (nSPS) is 24.6. The molecular formula is C16H29N3. The van der Waals surface area contributed by atoms with Crippen LogP contribution in [-0.4, -0.2) is 16.6 Å². The van der Waals surface area contributed by atoms with Gasteiger partial charge in [-0.3, -0.25) is 0 Å². The first-order chi connectivity index (χ1) is 9.06. The van der Waals surface area contributed by atoms with Crippen molar-refractivity contribution < 1.29 is 0 Å². The molecule has 19 heavy (non-hydrogen) atoms. The monoisotopic (exact) mass is 263 g/mol. The molecule has 0 saturated heterocycles. The number of nitrogens with zero attached hydrogens (tertiary/aromatic N) is 2. The fourth-order valence-corrected chi connectivity index (χ4v) is 3.22. The van der Waals surface area contributed by atoms with Gasteiger partial charge in [-0.05, 0) is 45.6 Å². The largest absolute Gasteiger partial charge is 0.333 e. The fraction of sp³-hybridized carbons (Fsp3) is 0.812. The van der Waals surface area contributed by atoms with E-state index in [0.717, 1.165) is 18.4 Å². The van der Waals surface area contributed by atoms with Gasteiger partial charge >= 0.3 is 0 Å². The Balaban J connectivity index is 1.99. The lowest BCUT2D eigenvalue weighted by Gasteiger charge is -2.30. The van der Waals surface area contributed by atoms with Gasteiger partial charge < -0.3 is 9.88 Å². The highest BCUT2D eigenvalue weighted by molar-refractivity contribution is 5.11. The molecule has 1 heterocycles. The molecule has 1 aliphatic rings. The first-order valence-electron chi connectivity index (χ1n) is 7.76. The lowest BCUT2D eigenvalue weighted by Crippen LogP contribution is -2.36. The molecule has 0 bridgehead atoms. The van der Waals surface area contributed by atoms with Crippen LogP contribution in [0.5, 0.6) is 0 Å². The van der Waals surface area contributed by atoms with Crippen LogP contribution in [0, 0.1) is 11.8 Å². The second kappa shape index (κ2) is 6.08. The van der Waals surface area contributed by atoms with E-state index in [4.69, 9.17) is 0 Å². The van der Waals surface area contributed by atoms with E-state index in [1.807, 2.05) is 19.6 Å². The van der Waals surface area contributed by atoms with Crippen LogP contribution in [0.4, 0.5) is 0 Å². The SMILES string of the molecule is CCC1CCC(Cn2cncc2C(C)(C)NC)CC1. The Kier molecular flexibility index (Phi) is 4.67. The number of hydrogen-bond acceptors (Lipinski definition) is 2. The molecule has 1 aromatic heterocycles. The van der Waals surface area contributed by atoms with E-state index in [2.05, 4.69) is 35.6 Å². The van der Waals surface area contributed by atoms with Crippen LogP contribution in [-0.2, 0) is 12.1 Å². The first-order valence-corrected chi connectivity index (χ1v) is 7.76. The van der Waals surface area contributed by atoms with E-state index < -0.39 is 0 Å². The molecule has 2 rings (SSSR count). The van der Waals surface area contributed by atoms with E-state index in [-0.39, 0.29) is 5.54 Å². The average Bonchev–Trinajstić information content (AvgIpc) is 2.88. The summed E-state index contributed by atoms with van der Waals surface area (Å²) in [6.07, 6.45) is 11.0. The molecule has 0 spiro atoms. The molecule has 1 fully saturated rings.